The number of halogens is 36. The molecular weight excluding hydrogens is 1170 g/mol. The summed E-state index contributed by atoms with van der Waals surface area (Å²) in [4.78, 5) is 17.7. The van der Waals surface area contributed by atoms with Crippen molar-refractivity contribution in [2.45, 2.75) is 165 Å². The molecule has 0 radical (unpaired) electrons. The Morgan fingerprint density at radius 1 is 0.300 bits per heavy atom. The van der Waals surface area contributed by atoms with E-state index in [4.69, 9.17) is 31.7 Å². The lowest BCUT2D eigenvalue weighted by Gasteiger charge is -2.43. The van der Waals surface area contributed by atoms with Crippen LogP contribution in [0.3, 0.4) is 0 Å². The highest BCUT2D eigenvalue weighted by molar-refractivity contribution is 7.42. The van der Waals surface area contributed by atoms with Gasteiger partial charge in [-0.05, 0) is 6.04 Å². The second kappa shape index (κ2) is 23.6. The van der Waals surface area contributed by atoms with Crippen LogP contribution in [0.4, 0.5) is 149 Å². The highest BCUT2D eigenvalue weighted by Gasteiger charge is 2.97. The van der Waals surface area contributed by atoms with Gasteiger partial charge in [0.25, 0.3) is 0 Å². The predicted octanol–water partition coefficient (Wildman–Crippen LogP) is 16.2. The fraction of sp³-hybridized carbons (Fsp3) is 1.00. The van der Waals surface area contributed by atoms with Crippen molar-refractivity contribution in [1.82, 2.24) is 0 Å². The van der Waals surface area contributed by atoms with E-state index < -0.39 is 136 Å². The fourth-order valence-electron chi connectivity index (χ4n) is 3.53. The van der Waals surface area contributed by atoms with Crippen LogP contribution in [0.1, 0.15) is 57.4 Å². The Hall–Kier alpha value is -1.53. The average Bonchev–Trinajstić information content (AvgIpc) is 3.08. The molecule has 4 nitrogen and oxygen atoms in total. The molecule has 42 heteroatoms. The van der Waals surface area contributed by atoms with Crippen molar-refractivity contribution in [3.8, 4) is 0 Å². The van der Waals surface area contributed by atoms with Gasteiger partial charge < -0.3 is 18.4 Å². The fourth-order valence-corrected chi connectivity index (χ4v) is 5.75. The van der Waals surface area contributed by atoms with Crippen molar-refractivity contribution in [2.75, 3.05) is 14.2 Å². The summed E-state index contributed by atoms with van der Waals surface area (Å²) in [6.45, 7) is -4.38. The molecule has 0 bridgehead atoms. The van der Waals surface area contributed by atoms with Gasteiger partial charge in [0.05, 0.1) is 0 Å². The first kappa shape index (κ1) is 85.2. The molecule has 70 heavy (non-hydrogen) atoms. The molecule has 2 N–H and O–H groups in total. The van der Waals surface area contributed by atoms with Gasteiger partial charge in [0, 0.05) is 33.1 Å². The first-order valence-electron chi connectivity index (χ1n) is 14.4. The summed E-state index contributed by atoms with van der Waals surface area (Å²) >= 11 is 10.3. The van der Waals surface area contributed by atoms with Crippen LogP contribution in [0.15, 0.2) is 0 Å². The minimum absolute atomic E-state index is 0. The lowest BCUT2D eigenvalue weighted by atomic mass is 9.88. The largest absolute Gasteiger partial charge is 0.495 e. The lowest BCUT2D eigenvalue weighted by Crippen LogP contribution is -2.74. The Bertz CT molecular complexity index is 1470. The first-order valence-corrected chi connectivity index (χ1v) is 20.5. The van der Waals surface area contributed by atoms with Gasteiger partial charge in [-0.1, -0.05) is 44.6 Å². The van der Waals surface area contributed by atoms with Gasteiger partial charge in [-0.3, -0.25) is 0 Å². The van der Waals surface area contributed by atoms with E-state index in [1.54, 1.807) is 0 Å². The molecule has 0 atom stereocenters. The molecular formula is C28H40Cl2F34O4Si2. The van der Waals surface area contributed by atoms with Crippen LogP contribution < -0.4 is 0 Å². The van der Waals surface area contributed by atoms with Crippen molar-refractivity contribution >= 4 is 37.9 Å². The summed E-state index contributed by atoms with van der Waals surface area (Å²) in [7, 11) is -4.37. The van der Waals surface area contributed by atoms with Gasteiger partial charge in [-0.25, -0.2) is 0 Å². The van der Waals surface area contributed by atoms with E-state index in [2.05, 4.69) is 8.85 Å². The minimum atomic E-state index is -8.69. The maximum atomic E-state index is 13.5. The molecule has 0 heterocycles. The van der Waals surface area contributed by atoms with Gasteiger partial charge in [-0.15, -0.1) is 22.2 Å². The van der Waals surface area contributed by atoms with E-state index in [0.717, 1.165) is 0 Å². The summed E-state index contributed by atoms with van der Waals surface area (Å²) in [6.07, 6.45) is -21.3. The quantitative estimate of drug-likeness (QED) is 0.0725. The SMILES string of the molecule is C.C.C.C.C.C.CO[Si](Cl)(Cl)CCC(F)(F)C(F)(F)C(F)(F)C(F)(F)C(F)(F)C(F)(F)C(F)(F)C(F)(F)F.CO[Si](O)(O)CCC(F)(F)C(F)(F)C(F)(F)C(F)(F)C(F)(F)C(F)(F)C(F)(F)C(F)(F)F. The minimum Gasteiger partial charge on any atom is -0.396 e. The normalized spacial score (nSPS) is 15.1. The number of rotatable bonds is 20. The molecule has 0 aliphatic rings. The maximum absolute atomic E-state index is 13.5. The smallest absolute Gasteiger partial charge is 0.396 e. The van der Waals surface area contributed by atoms with Crippen LogP contribution in [0.5, 0.6) is 0 Å². The van der Waals surface area contributed by atoms with E-state index >= 15 is 0 Å². The molecule has 0 aliphatic carbocycles. The molecule has 0 aromatic carbocycles. The van der Waals surface area contributed by atoms with Crippen LogP contribution in [0.2, 0.25) is 12.1 Å². The molecule has 0 aliphatic heterocycles. The summed E-state index contributed by atoms with van der Waals surface area (Å²) in [5.74, 6) is -114. The first-order chi connectivity index (χ1) is 27.0. The second-order valence-electron chi connectivity index (χ2n) is 12.1. The van der Waals surface area contributed by atoms with Gasteiger partial charge in [0.2, 0.25) is 0 Å². The van der Waals surface area contributed by atoms with E-state index in [1.807, 2.05) is 0 Å². The Labute approximate surface area is 384 Å². The third-order valence-electron chi connectivity index (χ3n) is 7.69. The van der Waals surface area contributed by atoms with Crippen molar-refractivity contribution in [3.63, 3.8) is 0 Å². The number of alkyl halides is 34. The zero-order valence-corrected chi connectivity index (χ0v) is 32.7. The molecule has 0 spiro atoms. The van der Waals surface area contributed by atoms with Crippen LogP contribution in [0, 0.1) is 0 Å². The molecule has 0 saturated carbocycles. The summed E-state index contributed by atoms with van der Waals surface area (Å²) in [5, 5.41) is 0. The number of hydrogen-bond donors (Lipinski definition) is 2. The molecule has 0 aromatic rings. The third-order valence-corrected chi connectivity index (χ3v) is 12.7. The summed E-state index contributed by atoms with van der Waals surface area (Å²) < 4.78 is 450. The van der Waals surface area contributed by atoms with Crippen LogP contribution in [-0.4, -0.2) is 135 Å². The van der Waals surface area contributed by atoms with Gasteiger partial charge >= 0.3 is 111 Å². The van der Waals surface area contributed by atoms with E-state index in [0.29, 0.717) is 14.2 Å². The average molecular weight is 1210 g/mol. The Morgan fingerprint density at radius 3 is 0.643 bits per heavy atom. The van der Waals surface area contributed by atoms with Crippen LogP contribution in [-0.2, 0) is 8.85 Å². The standard InChI is InChI=1S/C11H7Cl2F17OSi.C11H9F17O3Si.6CH4/c1-31-32(12,13)3-2-4(14,15)5(16,17)6(18,19)7(20,21)8(22,23)9(24,25)10(26,27)11(28,29)30;1-31-32(29,30)3-2-4(12,13)5(14,15)6(16,17)7(18,19)8(20,21)9(22,23)10(24,25)11(26,27)28;;;;;;/h2-3H2,1H3;29-30H,2-3H2,1H3;6*1H4. The highest BCUT2D eigenvalue weighted by atomic mass is 35.7. The Balaban J connectivity index is -0.000000169. The van der Waals surface area contributed by atoms with Crippen molar-refractivity contribution in [2.24, 2.45) is 0 Å². The van der Waals surface area contributed by atoms with Crippen LogP contribution >= 0.6 is 22.2 Å². The van der Waals surface area contributed by atoms with Gasteiger partial charge in [0.1, 0.15) is 0 Å². The molecule has 0 saturated heterocycles. The molecule has 0 unspecified atom stereocenters. The molecule has 436 valence electrons. The Morgan fingerprint density at radius 2 is 0.471 bits per heavy atom. The lowest BCUT2D eigenvalue weighted by molar-refractivity contribution is -0.461. The van der Waals surface area contributed by atoms with Crippen LogP contribution in [0.25, 0.3) is 0 Å². The molecule has 0 amide bonds. The third kappa shape index (κ3) is 13.7. The molecule has 0 aromatic heterocycles. The Kier molecular flexibility index (Phi) is 28.7. The highest BCUT2D eigenvalue weighted by Crippen LogP contribution is 2.66. The predicted molar refractivity (Wildman–Crippen MR) is 182 cm³/mol. The topological polar surface area (TPSA) is 58.9 Å². The second-order valence-corrected chi connectivity index (χ2v) is 20.9. The summed E-state index contributed by atoms with van der Waals surface area (Å²) in [6, 6.07) is -3.76. The zero-order valence-electron chi connectivity index (χ0n) is 29.1. The molecule has 0 fully saturated rings. The van der Waals surface area contributed by atoms with E-state index in [1.165, 1.54) is 0 Å². The van der Waals surface area contributed by atoms with Crippen molar-refractivity contribution in [3.05, 3.63) is 0 Å². The van der Waals surface area contributed by atoms with E-state index in [-0.39, 0.29) is 44.6 Å². The monoisotopic (exact) mass is 1210 g/mol. The van der Waals surface area contributed by atoms with E-state index in [9.17, 15) is 149 Å². The molecule has 0 rings (SSSR count). The van der Waals surface area contributed by atoms with Gasteiger partial charge in [0.15, 0.2) is 0 Å². The maximum Gasteiger partial charge on any atom is 0.495 e. The van der Waals surface area contributed by atoms with Crippen molar-refractivity contribution < 1.29 is 168 Å². The zero-order chi connectivity index (χ0) is 53.2. The van der Waals surface area contributed by atoms with Gasteiger partial charge in [-0.2, -0.15) is 149 Å². The number of hydrogen-bond acceptors (Lipinski definition) is 4. The summed E-state index contributed by atoms with van der Waals surface area (Å²) in [5.41, 5.74) is 0. The van der Waals surface area contributed by atoms with Crippen molar-refractivity contribution in [1.29, 1.82) is 0 Å².